The summed E-state index contributed by atoms with van der Waals surface area (Å²) in [7, 11) is 0. The summed E-state index contributed by atoms with van der Waals surface area (Å²) in [6.07, 6.45) is 4.40. The fourth-order valence-corrected chi connectivity index (χ4v) is 6.11. The van der Waals surface area contributed by atoms with E-state index in [2.05, 4.69) is 26.9 Å². The Morgan fingerprint density at radius 1 is 1.03 bits per heavy atom. The quantitative estimate of drug-likeness (QED) is 0.382. The number of nitrogens with one attached hydrogen (secondary N) is 1. The Labute approximate surface area is 227 Å². The van der Waals surface area contributed by atoms with Crippen molar-refractivity contribution < 1.29 is 24.2 Å². The molecule has 0 spiro atoms. The van der Waals surface area contributed by atoms with Gasteiger partial charge in [0.1, 0.15) is 5.82 Å². The number of hydrogen-bond acceptors (Lipinski definition) is 5. The van der Waals surface area contributed by atoms with Crippen molar-refractivity contribution in [3.63, 3.8) is 0 Å². The van der Waals surface area contributed by atoms with Crippen LogP contribution in [0, 0.1) is 17.7 Å². The number of likely N-dealkylation sites (tertiary alicyclic amines) is 1. The zero-order valence-electron chi connectivity index (χ0n) is 22.6. The van der Waals surface area contributed by atoms with Gasteiger partial charge in [-0.1, -0.05) is 6.07 Å². The smallest absolute Gasteiger partial charge is 0.306 e. The van der Waals surface area contributed by atoms with E-state index in [1.807, 2.05) is 19.9 Å². The molecule has 2 aromatic carbocycles. The number of carboxylic acids is 1. The average Bonchev–Trinajstić information content (AvgIpc) is 3.25. The molecular weight excluding hydrogens is 499 g/mol. The molecule has 9 heteroatoms. The third-order valence-electron chi connectivity index (χ3n) is 8.49. The number of piperidine rings is 1. The van der Waals surface area contributed by atoms with E-state index in [0.29, 0.717) is 43.1 Å². The topological polar surface area (TPSA) is 108 Å². The van der Waals surface area contributed by atoms with Crippen molar-refractivity contribution in [3.8, 4) is 0 Å². The third kappa shape index (κ3) is 6.15. The number of fused-ring (bicyclic) bond motifs is 1. The van der Waals surface area contributed by atoms with Gasteiger partial charge >= 0.3 is 5.97 Å². The van der Waals surface area contributed by atoms with Gasteiger partial charge in [0.25, 0.3) is 5.91 Å². The van der Waals surface area contributed by atoms with E-state index in [9.17, 15) is 24.2 Å². The van der Waals surface area contributed by atoms with Crippen LogP contribution in [0.1, 0.15) is 74.3 Å². The van der Waals surface area contributed by atoms with E-state index in [4.69, 9.17) is 4.98 Å². The Morgan fingerprint density at radius 2 is 1.69 bits per heavy atom. The largest absolute Gasteiger partial charge is 0.481 e. The molecule has 1 aromatic heterocycles. The van der Waals surface area contributed by atoms with Crippen molar-refractivity contribution in [2.45, 2.75) is 70.6 Å². The normalized spacial score (nSPS) is 21.2. The highest BCUT2D eigenvalue weighted by Crippen LogP contribution is 2.37. The van der Waals surface area contributed by atoms with Gasteiger partial charge in [0.2, 0.25) is 5.95 Å². The van der Waals surface area contributed by atoms with Crippen molar-refractivity contribution in [2.75, 3.05) is 18.4 Å². The first-order valence-corrected chi connectivity index (χ1v) is 13.8. The minimum Gasteiger partial charge on any atom is -0.481 e. The Kier molecular flexibility index (Phi) is 7.73. The molecule has 0 unspecified atom stereocenters. The van der Waals surface area contributed by atoms with Gasteiger partial charge in [-0.15, -0.1) is 0 Å². The lowest BCUT2D eigenvalue weighted by atomic mass is 9.83. The van der Waals surface area contributed by atoms with E-state index >= 15 is 0 Å². The standard InChI is InChI=1S/C30H37FN4O4/c1-30(2,39)22-13-15-34(16-14-22)18-19-3-12-25-26(17-19)35(24-10-6-21(7-11-24)28(37)38)29(32-25)33-27(36)20-4-8-23(31)9-5-20/h3-5,8-9,12,17,21-22,24,39H,6-7,10-11,13-16,18H2,1-2H3,(H,37,38)(H,32,33,36). The highest BCUT2D eigenvalue weighted by Gasteiger charge is 2.31. The number of nitrogens with zero attached hydrogens (tertiary/aromatic N) is 3. The minimum absolute atomic E-state index is 0.00639. The van der Waals surface area contributed by atoms with Gasteiger partial charge < -0.3 is 14.8 Å². The lowest BCUT2D eigenvalue weighted by molar-refractivity contribution is -0.143. The van der Waals surface area contributed by atoms with Crippen LogP contribution in [0.5, 0.6) is 0 Å². The van der Waals surface area contributed by atoms with Gasteiger partial charge in [0.05, 0.1) is 22.6 Å². The molecule has 8 nitrogen and oxygen atoms in total. The number of carboxylic acid groups (broad SMARTS) is 1. The third-order valence-corrected chi connectivity index (χ3v) is 8.49. The average molecular weight is 537 g/mol. The highest BCUT2D eigenvalue weighted by molar-refractivity contribution is 6.04. The molecule has 1 aliphatic carbocycles. The van der Waals surface area contributed by atoms with E-state index in [0.717, 1.165) is 49.1 Å². The number of carbonyl (C=O) groups is 2. The summed E-state index contributed by atoms with van der Waals surface area (Å²) in [6, 6.07) is 11.6. The molecule has 208 valence electrons. The Morgan fingerprint density at radius 3 is 2.31 bits per heavy atom. The number of rotatable bonds is 7. The van der Waals surface area contributed by atoms with Gasteiger partial charge in [-0.25, -0.2) is 9.37 Å². The first kappa shape index (κ1) is 27.3. The van der Waals surface area contributed by atoms with Crippen LogP contribution < -0.4 is 5.32 Å². The monoisotopic (exact) mass is 536 g/mol. The number of aliphatic hydroxyl groups is 1. The Hall–Kier alpha value is -3.30. The van der Waals surface area contributed by atoms with E-state index in [1.165, 1.54) is 24.3 Å². The second-order valence-corrected chi connectivity index (χ2v) is 11.6. The van der Waals surface area contributed by atoms with E-state index in [-0.39, 0.29) is 17.9 Å². The lowest BCUT2D eigenvalue weighted by Crippen LogP contribution is -2.41. The summed E-state index contributed by atoms with van der Waals surface area (Å²) in [5, 5.41) is 22.8. The first-order valence-electron chi connectivity index (χ1n) is 13.8. The fraction of sp³-hybridized carbons (Fsp3) is 0.500. The van der Waals surface area contributed by atoms with Crippen LogP contribution in [0.4, 0.5) is 10.3 Å². The maximum atomic E-state index is 13.4. The molecule has 2 heterocycles. The zero-order valence-corrected chi connectivity index (χ0v) is 22.6. The molecule has 2 aliphatic rings. The first-order chi connectivity index (χ1) is 18.6. The molecule has 1 saturated heterocycles. The van der Waals surface area contributed by atoms with Crippen LogP contribution in [0.15, 0.2) is 42.5 Å². The molecule has 1 aliphatic heterocycles. The minimum atomic E-state index is -0.760. The molecule has 0 bridgehead atoms. The van der Waals surface area contributed by atoms with E-state index < -0.39 is 17.4 Å². The number of amides is 1. The van der Waals surface area contributed by atoms with Crippen molar-refractivity contribution in [1.29, 1.82) is 0 Å². The van der Waals surface area contributed by atoms with Gasteiger partial charge in [-0.3, -0.25) is 19.8 Å². The molecule has 3 aromatic rings. The number of hydrogen-bond donors (Lipinski definition) is 3. The molecule has 2 fully saturated rings. The Bertz CT molecular complexity index is 1330. The summed E-state index contributed by atoms with van der Waals surface area (Å²) in [5.41, 5.74) is 2.48. The second-order valence-electron chi connectivity index (χ2n) is 11.6. The summed E-state index contributed by atoms with van der Waals surface area (Å²) in [6.45, 7) is 6.40. The molecule has 1 amide bonds. The van der Waals surface area contributed by atoms with Gasteiger partial charge in [0, 0.05) is 18.2 Å². The SMILES string of the molecule is CC(C)(O)C1CCN(Cc2ccc3nc(NC(=O)c4ccc(F)cc4)n(C4CCC(C(=O)O)CC4)c3c2)CC1. The van der Waals surface area contributed by atoms with Crippen molar-refractivity contribution in [3.05, 3.63) is 59.4 Å². The molecule has 1 saturated carbocycles. The number of aliphatic carboxylic acids is 1. The second kappa shape index (κ2) is 11.1. The van der Waals surface area contributed by atoms with Crippen LogP contribution >= 0.6 is 0 Å². The molecule has 0 atom stereocenters. The summed E-state index contributed by atoms with van der Waals surface area (Å²) in [5.74, 6) is -1.18. The highest BCUT2D eigenvalue weighted by atomic mass is 19.1. The number of halogens is 1. The predicted octanol–water partition coefficient (Wildman–Crippen LogP) is 5.23. The zero-order chi connectivity index (χ0) is 27.7. The molecular formula is C30H37FN4O4. The fourth-order valence-electron chi connectivity index (χ4n) is 6.11. The number of aromatic nitrogens is 2. The predicted molar refractivity (Wildman–Crippen MR) is 147 cm³/mol. The van der Waals surface area contributed by atoms with Crippen LogP contribution in [-0.2, 0) is 11.3 Å². The van der Waals surface area contributed by atoms with Crippen LogP contribution in [-0.4, -0.2) is 55.2 Å². The molecule has 3 N–H and O–H groups in total. The van der Waals surface area contributed by atoms with E-state index in [1.54, 1.807) is 0 Å². The molecule has 39 heavy (non-hydrogen) atoms. The van der Waals surface area contributed by atoms with Crippen LogP contribution in [0.25, 0.3) is 11.0 Å². The molecule has 5 rings (SSSR count). The van der Waals surface area contributed by atoms with Crippen molar-refractivity contribution in [1.82, 2.24) is 14.5 Å². The van der Waals surface area contributed by atoms with Crippen LogP contribution in [0.3, 0.4) is 0 Å². The number of carbonyl (C=O) groups excluding carboxylic acids is 1. The summed E-state index contributed by atoms with van der Waals surface area (Å²) >= 11 is 0. The maximum absolute atomic E-state index is 13.4. The van der Waals surface area contributed by atoms with Gasteiger partial charge in [-0.05, 0) is 113 Å². The summed E-state index contributed by atoms with van der Waals surface area (Å²) in [4.78, 5) is 31.7. The number of imidazole rings is 1. The number of anilines is 1. The summed E-state index contributed by atoms with van der Waals surface area (Å²) < 4.78 is 15.4. The van der Waals surface area contributed by atoms with Crippen LogP contribution in [0.2, 0.25) is 0 Å². The maximum Gasteiger partial charge on any atom is 0.306 e. The number of benzene rings is 2. The van der Waals surface area contributed by atoms with Gasteiger partial charge in [0.15, 0.2) is 0 Å². The molecule has 0 radical (unpaired) electrons. The van der Waals surface area contributed by atoms with Crippen molar-refractivity contribution in [2.24, 2.45) is 11.8 Å². The van der Waals surface area contributed by atoms with Crippen molar-refractivity contribution >= 4 is 28.9 Å². The lowest BCUT2D eigenvalue weighted by Gasteiger charge is -2.37. The van der Waals surface area contributed by atoms with Gasteiger partial charge in [-0.2, -0.15) is 0 Å². The Balaban J connectivity index is 1.41.